The van der Waals surface area contributed by atoms with E-state index in [9.17, 15) is 8.42 Å². The van der Waals surface area contributed by atoms with Crippen molar-refractivity contribution in [2.45, 2.75) is 5.75 Å². The van der Waals surface area contributed by atoms with Crippen LogP contribution < -0.4 is 4.72 Å². The summed E-state index contributed by atoms with van der Waals surface area (Å²) >= 11 is 23.6. The molecule has 2 rings (SSSR count). The number of sulfonamides is 1. The van der Waals surface area contributed by atoms with E-state index in [0.717, 1.165) is 0 Å². The number of benzene rings is 2. The van der Waals surface area contributed by atoms with Gasteiger partial charge in [-0.05, 0) is 30.3 Å². The molecule has 0 aliphatic rings. The van der Waals surface area contributed by atoms with Crippen molar-refractivity contribution in [1.82, 2.24) is 0 Å². The summed E-state index contributed by atoms with van der Waals surface area (Å²) in [7, 11) is -3.68. The van der Waals surface area contributed by atoms with Gasteiger partial charge in [-0.2, -0.15) is 0 Å². The number of nitrogens with one attached hydrogen (secondary N) is 1. The molecule has 0 saturated carbocycles. The van der Waals surface area contributed by atoms with Crippen LogP contribution in [0.2, 0.25) is 20.1 Å². The highest BCUT2D eigenvalue weighted by atomic mass is 35.5. The lowest BCUT2D eigenvalue weighted by molar-refractivity contribution is 0.600. The second-order valence-electron chi connectivity index (χ2n) is 4.19. The van der Waals surface area contributed by atoms with E-state index in [1.807, 2.05) is 0 Å². The van der Waals surface area contributed by atoms with Crippen molar-refractivity contribution in [3.8, 4) is 0 Å². The maximum absolute atomic E-state index is 12.2. The standard InChI is InChI=1S/C13H9Cl4NO2S/c14-10-2-1-3-11(15)9(10)7-21(19,20)18-8-4-5-12(16)13(17)6-8/h1-6,18H,7H2. The molecule has 3 nitrogen and oxygen atoms in total. The van der Waals surface area contributed by atoms with E-state index >= 15 is 0 Å². The Morgan fingerprint density at radius 2 is 1.48 bits per heavy atom. The van der Waals surface area contributed by atoms with E-state index < -0.39 is 10.0 Å². The molecule has 0 heterocycles. The predicted octanol–water partition coefficient (Wildman–Crippen LogP) is 5.24. The molecule has 8 heteroatoms. The Bertz CT molecular complexity index is 757. The van der Waals surface area contributed by atoms with Gasteiger partial charge in [0.05, 0.1) is 21.5 Å². The van der Waals surface area contributed by atoms with Crippen molar-refractivity contribution in [3.63, 3.8) is 0 Å². The third-order valence-corrected chi connectivity index (χ3v) is 5.25. The van der Waals surface area contributed by atoms with Gasteiger partial charge in [0.15, 0.2) is 0 Å². The first-order valence-corrected chi connectivity index (χ1v) is 8.83. The van der Waals surface area contributed by atoms with Crippen molar-refractivity contribution in [2.75, 3.05) is 4.72 Å². The average molecular weight is 385 g/mol. The molecule has 112 valence electrons. The van der Waals surface area contributed by atoms with Crippen molar-refractivity contribution in [1.29, 1.82) is 0 Å². The minimum absolute atomic E-state index is 0.257. The van der Waals surface area contributed by atoms with Gasteiger partial charge < -0.3 is 0 Å². The van der Waals surface area contributed by atoms with Gasteiger partial charge >= 0.3 is 0 Å². The lowest BCUT2D eigenvalue weighted by Gasteiger charge is -2.11. The van der Waals surface area contributed by atoms with Crippen LogP contribution in [0.3, 0.4) is 0 Å². The lowest BCUT2D eigenvalue weighted by Crippen LogP contribution is -2.15. The molecule has 2 aromatic rings. The molecule has 0 unspecified atom stereocenters. The second-order valence-corrected chi connectivity index (χ2v) is 7.54. The van der Waals surface area contributed by atoms with Gasteiger partial charge in [0.2, 0.25) is 10.0 Å². The van der Waals surface area contributed by atoms with E-state index in [4.69, 9.17) is 46.4 Å². The summed E-state index contributed by atoms with van der Waals surface area (Å²) in [6.07, 6.45) is 0. The predicted molar refractivity (Wildman–Crippen MR) is 89.2 cm³/mol. The third kappa shape index (κ3) is 4.41. The normalized spacial score (nSPS) is 11.4. The molecule has 0 fully saturated rings. The Morgan fingerprint density at radius 3 is 2.05 bits per heavy atom. The quantitative estimate of drug-likeness (QED) is 0.783. The van der Waals surface area contributed by atoms with E-state index in [1.54, 1.807) is 18.2 Å². The van der Waals surface area contributed by atoms with Crippen LogP contribution in [-0.2, 0) is 15.8 Å². The van der Waals surface area contributed by atoms with Crippen LogP contribution in [0.25, 0.3) is 0 Å². The molecular weight excluding hydrogens is 376 g/mol. The SMILES string of the molecule is O=S(=O)(Cc1c(Cl)cccc1Cl)Nc1ccc(Cl)c(Cl)c1. The topological polar surface area (TPSA) is 46.2 Å². The molecule has 0 bridgehead atoms. The maximum Gasteiger partial charge on any atom is 0.237 e. The highest BCUT2D eigenvalue weighted by Gasteiger charge is 2.17. The fourth-order valence-electron chi connectivity index (χ4n) is 1.64. The van der Waals surface area contributed by atoms with E-state index in [2.05, 4.69) is 4.72 Å². The Kier molecular flexibility index (Phi) is 5.28. The summed E-state index contributed by atoms with van der Waals surface area (Å²) in [6.45, 7) is 0. The zero-order valence-corrected chi connectivity index (χ0v) is 14.2. The Labute approximate surface area is 142 Å². The smallest absolute Gasteiger partial charge is 0.237 e. The largest absolute Gasteiger partial charge is 0.283 e. The summed E-state index contributed by atoms with van der Waals surface area (Å²) in [6, 6.07) is 9.25. The van der Waals surface area contributed by atoms with Crippen LogP contribution in [0.15, 0.2) is 36.4 Å². The molecule has 2 aromatic carbocycles. The van der Waals surface area contributed by atoms with Gasteiger partial charge in [-0.25, -0.2) is 8.42 Å². The van der Waals surface area contributed by atoms with Gasteiger partial charge in [-0.3, -0.25) is 4.72 Å². The van der Waals surface area contributed by atoms with Gasteiger partial charge in [-0.15, -0.1) is 0 Å². The monoisotopic (exact) mass is 383 g/mol. The first-order valence-electron chi connectivity index (χ1n) is 5.67. The first-order chi connectivity index (χ1) is 9.78. The van der Waals surface area contributed by atoms with Crippen molar-refractivity contribution >= 4 is 62.1 Å². The Balaban J connectivity index is 2.25. The van der Waals surface area contributed by atoms with Crippen molar-refractivity contribution in [3.05, 3.63) is 62.1 Å². The summed E-state index contributed by atoms with van der Waals surface area (Å²) in [5.74, 6) is -0.342. The number of rotatable bonds is 4. The molecule has 0 atom stereocenters. The number of hydrogen-bond donors (Lipinski definition) is 1. The number of anilines is 1. The second kappa shape index (κ2) is 6.63. The van der Waals surface area contributed by atoms with E-state index in [-0.39, 0.29) is 10.8 Å². The van der Waals surface area contributed by atoms with E-state index in [0.29, 0.717) is 26.3 Å². The van der Waals surface area contributed by atoms with Crippen LogP contribution in [0.1, 0.15) is 5.56 Å². The summed E-state index contributed by atoms with van der Waals surface area (Å²) in [5, 5.41) is 1.19. The molecule has 0 aliphatic heterocycles. The number of halogens is 4. The fraction of sp³-hybridized carbons (Fsp3) is 0.0769. The zero-order chi connectivity index (χ0) is 15.6. The number of hydrogen-bond acceptors (Lipinski definition) is 2. The van der Waals surface area contributed by atoms with Crippen LogP contribution in [0.5, 0.6) is 0 Å². The summed E-state index contributed by atoms with van der Waals surface area (Å²) in [4.78, 5) is 0. The highest BCUT2D eigenvalue weighted by Crippen LogP contribution is 2.28. The van der Waals surface area contributed by atoms with Gasteiger partial charge in [0.1, 0.15) is 0 Å². The molecule has 0 radical (unpaired) electrons. The fourth-order valence-corrected chi connectivity index (χ4v) is 3.87. The zero-order valence-electron chi connectivity index (χ0n) is 10.4. The maximum atomic E-state index is 12.2. The van der Waals surface area contributed by atoms with E-state index in [1.165, 1.54) is 18.2 Å². The molecule has 0 amide bonds. The third-order valence-electron chi connectivity index (χ3n) is 2.59. The van der Waals surface area contributed by atoms with Crippen molar-refractivity contribution < 1.29 is 8.42 Å². The minimum Gasteiger partial charge on any atom is -0.283 e. The van der Waals surface area contributed by atoms with Crippen LogP contribution in [0, 0.1) is 0 Å². The summed E-state index contributed by atoms with van der Waals surface area (Å²) < 4.78 is 26.7. The molecule has 0 aromatic heterocycles. The molecular formula is C13H9Cl4NO2S. The average Bonchev–Trinajstić information content (AvgIpc) is 2.38. The van der Waals surface area contributed by atoms with Gasteiger partial charge in [-0.1, -0.05) is 52.5 Å². The van der Waals surface area contributed by atoms with Gasteiger partial charge in [0.25, 0.3) is 0 Å². The van der Waals surface area contributed by atoms with Crippen LogP contribution in [0.4, 0.5) is 5.69 Å². The molecule has 0 saturated heterocycles. The Hall–Kier alpha value is -0.650. The van der Waals surface area contributed by atoms with Crippen molar-refractivity contribution in [2.24, 2.45) is 0 Å². The molecule has 0 spiro atoms. The van der Waals surface area contributed by atoms with Crippen LogP contribution in [-0.4, -0.2) is 8.42 Å². The molecule has 1 N–H and O–H groups in total. The summed E-state index contributed by atoms with van der Waals surface area (Å²) in [5.41, 5.74) is 0.654. The lowest BCUT2D eigenvalue weighted by atomic mass is 10.2. The van der Waals surface area contributed by atoms with Gasteiger partial charge in [0, 0.05) is 15.6 Å². The highest BCUT2D eigenvalue weighted by molar-refractivity contribution is 7.91. The Morgan fingerprint density at radius 1 is 0.857 bits per heavy atom. The first kappa shape index (κ1) is 16.7. The van der Waals surface area contributed by atoms with Crippen LogP contribution >= 0.6 is 46.4 Å². The molecule has 21 heavy (non-hydrogen) atoms. The molecule has 0 aliphatic carbocycles. The minimum atomic E-state index is -3.68.